The largest absolute Gasteiger partial charge is 0.368 e. The van der Waals surface area contributed by atoms with Crippen molar-refractivity contribution in [3.63, 3.8) is 0 Å². The van der Waals surface area contributed by atoms with Crippen LogP contribution >= 0.6 is 0 Å². The van der Waals surface area contributed by atoms with E-state index in [1.54, 1.807) is 30.6 Å². The summed E-state index contributed by atoms with van der Waals surface area (Å²) >= 11 is 0. The molecule has 1 aromatic heterocycles. The van der Waals surface area contributed by atoms with Crippen LogP contribution in [0.25, 0.3) is 0 Å². The Morgan fingerprint density at radius 1 is 1.08 bits per heavy atom. The van der Waals surface area contributed by atoms with E-state index in [0.29, 0.717) is 37.4 Å². The molecule has 1 aromatic carbocycles. The predicted octanol–water partition coefficient (Wildman–Crippen LogP) is 1.04. The van der Waals surface area contributed by atoms with E-state index in [9.17, 15) is 9.59 Å². The molecule has 1 fully saturated rings. The Morgan fingerprint density at radius 3 is 2.32 bits per heavy atom. The Morgan fingerprint density at radius 2 is 1.72 bits per heavy atom. The van der Waals surface area contributed by atoms with Crippen LogP contribution in [0, 0.1) is 5.92 Å². The van der Waals surface area contributed by atoms with Crippen molar-refractivity contribution in [3.8, 4) is 0 Å². The molecule has 0 radical (unpaired) electrons. The molecule has 2 aromatic rings. The summed E-state index contributed by atoms with van der Waals surface area (Å²) in [7, 11) is 0. The molecule has 0 spiro atoms. The molecule has 7 nitrogen and oxygen atoms in total. The number of benzene rings is 1. The number of aromatic nitrogens is 2. The fourth-order valence-electron chi connectivity index (χ4n) is 3.02. The molecule has 2 heterocycles. The second-order valence-corrected chi connectivity index (χ2v) is 6.06. The zero-order chi connectivity index (χ0) is 17.6. The second kappa shape index (κ2) is 7.74. The topological polar surface area (TPSA) is 101 Å². The minimum atomic E-state index is -0.802. The highest BCUT2D eigenvalue weighted by molar-refractivity contribution is 5.88. The third-order valence-electron chi connectivity index (χ3n) is 4.40. The maximum atomic E-state index is 12.6. The van der Waals surface area contributed by atoms with Crippen molar-refractivity contribution >= 4 is 17.8 Å². The van der Waals surface area contributed by atoms with E-state index in [2.05, 4.69) is 20.2 Å². The number of hydrogen-bond acceptors (Lipinski definition) is 5. The lowest BCUT2D eigenvalue weighted by molar-refractivity contribution is -0.130. The summed E-state index contributed by atoms with van der Waals surface area (Å²) in [5.41, 5.74) is 6.16. The van der Waals surface area contributed by atoms with Gasteiger partial charge in [0.2, 0.25) is 17.8 Å². The van der Waals surface area contributed by atoms with Gasteiger partial charge in [-0.05, 0) is 24.5 Å². The first-order chi connectivity index (χ1) is 12.1. The van der Waals surface area contributed by atoms with Gasteiger partial charge in [-0.3, -0.25) is 9.59 Å². The van der Waals surface area contributed by atoms with Crippen molar-refractivity contribution in [1.29, 1.82) is 0 Å². The molecule has 3 rings (SSSR count). The van der Waals surface area contributed by atoms with Gasteiger partial charge in [0.15, 0.2) is 0 Å². The van der Waals surface area contributed by atoms with Crippen LogP contribution in [-0.2, 0) is 9.59 Å². The quantitative estimate of drug-likeness (QED) is 0.847. The molecule has 2 amide bonds. The standard InChI is InChI=1S/C18H21N5O2/c19-16(24)15(13-5-2-1-3-6-13)22-17(25)14-7-11-23(12-8-14)18-20-9-4-10-21-18/h1-6,9-10,14-15H,7-8,11-12H2,(H2,19,24)(H,22,25). The minimum Gasteiger partial charge on any atom is -0.368 e. The van der Waals surface area contributed by atoms with Gasteiger partial charge < -0.3 is 16.0 Å². The number of anilines is 1. The lowest BCUT2D eigenvalue weighted by Crippen LogP contribution is -2.44. The van der Waals surface area contributed by atoms with Crippen LogP contribution in [0.2, 0.25) is 0 Å². The van der Waals surface area contributed by atoms with Crippen molar-refractivity contribution in [1.82, 2.24) is 15.3 Å². The molecule has 25 heavy (non-hydrogen) atoms. The number of piperidine rings is 1. The Bertz CT molecular complexity index is 715. The lowest BCUT2D eigenvalue weighted by Gasteiger charge is -2.31. The summed E-state index contributed by atoms with van der Waals surface area (Å²) in [6.45, 7) is 1.41. The van der Waals surface area contributed by atoms with Crippen LogP contribution in [0.3, 0.4) is 0 Å². The van der Waals surface area contributed by atoms with Gasteiger partial charge in [0.25, 0.3) is 0 Å². The van der Waals surface area contributed by atoms with Gasteiger partial charge in [-0.1, -0.05) is 30.3 Å². The normalized spacial score (nSPS) is 16.2. The summed E-state index contributed by atoms with van der Waals surface area (Å²) in [4.78, 5) is 34.8. The SMILES string of the molecule is NC(=O)C(NC(=O)C1CCN(c2ncccn2)CC1)c1ccccc1. The first kappa shape index (κ1) is 16.9. The number of carbonyl (C=O) groups is 2. The number of nitrogens with one attached hydrogen (secondary N) is 1. The molecule has 0 aliphatic carbocycles. The fourth-order valence-corrected chi connectivity index (χ4v) is 3.02. The third-order valence-corrected chi connectivity index (χ3v) is 4.40. The average molecular weight is 339 g/mol. The monoisotopic (exact) mass is 339 g/mol. The maximum absolute atomic E-state index is 12.6. The number of rotatable bonds is 5. The zero-order valence-corrected chi connectivity index (χ0v) is 13.8. The Kier molecular flexibility index (Phi) is 5.23. The zero-order valence-electron chi connectivity index (χ0n) is 13.8. The highest BCUT2D eigenvalue weighted by Gasteiger charge is 2.29. The number of primary amides is 1. The van der Waals surface area contributed by atoms with Crippen molar-refractivity contribution in [2.75, 3.05) is 18.0 Å². The number of nitrogens with two attached hydrogens (primary N) is 1. The summed E-state index contributed by atoms with van der Waals surface area (Å²) in [5.74, 6) is -0.165. The van der Waals surface area contributed by atoms with Crippen molar-refractivity contribution < 1.29 is 9.59 Å². The maximum Gasteiger partial charge on any atom is 0.244 e. The molecule has 130 valence electrons. The summed E-state index contributed by atoms with van der Waals surface area (Å²) in [6.07, 6.45) is 4.78. The van der Waals surface area contributed by atoms with Crippen molar-refractivity contribution in [3.05, 3.63) is 54.4 Å². The van der Waals surface area contributed by atoms with E-state index in [1.807, 2.05) is 18.2 Å². The van der Waals surface area contributed by atoms with Crippen LogP contribution in [0.5, 0.6) is 0 Å². The van der Waals surface area contributed by atoms with Gasteiger partial charge in [-0.25, -0.2) is 9.97 Å². The van der Waals surface area contributed by atoms with Gasteiger partial charge in [0, 0.05) is 31.4 Å². The molecule has 0 bridgehead atoms. The molecule has 0 saturated carbocycles. The van der Waals surface area contributed by atoms with E-state index in [4.69, 9.17) is 5.73 Å². The summed E-state index contributed by atoms with van der Waals surface area (Å²) < 4.78 is 0. The van der Waals surface area contributed by atoms with Gasteiger partial charge in [-0.2, -0.15) is 0 Å². The van der Waals surface area contributed by atoms with Gasteiger partial charge >= 0.3 is 0 Å². The molecule has 3 N–H and O–H groups in total. The van der Waals surface area contributed by atoms with Crippen LogP contribution in [0.15, 0.2) is 48.8 Å². The number of carbonyl (C=O) groups excluding carboxylic acids is 2. The Hall–Kier alpha value is -2.96. The molecule has 1 saturated heterocycles. The van der Waals surface area contributed by atoms with Crippen LogP contribution < -0.4 is 16.0 Å². The van der Waals surface area contributed by atoms with E-state index in [1.165, 1.54) is 0 Å². The number of hydrogen-bond donors (Lipinski definition) is 2. The van der Waals surface area contributed by atoms with E-state index in [-0.39, 0.29) is 11.8 Å². The minimum absolute atomic E-state index is 0.138. The predicted molar refractivity (Wildman–Crippen MR) is 93.5 cm³/mol. The molecule has 1 aliphatic heterocycles. The number of nitrogens with zero attached hydrogens (tertiary/aromatic N) is 3. The van der Waals surface area contributed by atoms with Crippen LogP contribution in [-0.4, -0.2) is 34.9 Å². The highest BCUT2D eigenvalue weighted by atomic mass is 16.2. The Labute approximate surface area is 146 Å². The smallest absolute Gasteiger partial charge is 0.244 e. The molecule has 1 aliphatic rings. The third kappa shape index (κ3) is 4.12. The molecule has 1 unspecified atom stereocenters. The van der Waals surface area contributed by atoms with E-state index in [0.717, 1.165) is 0 Å². The van der Waals surface area contributed by atoms with E-state index < -0.39 is 11.9 Å². The van der Waals surface area contributed by atoms with E-state index >= 15 is 0 Å². The number of amides is 2. The molecule has 1 atom stereocenters. The highest BCUT2D eigenvalue weighted by Crippen LogP contribution is 2.22. The van der Waals surface area contributed by atoms with Gasteiger partial charge in [0.05, 0.1) is 0 Å². The molecular formula is C18H21N5O2. The lowest BCUT2D eigenvalue weighted by atomic mass is 9.95. The first-order valence-electron chi connectivity index (χ1n) is 8.32. The van der Waals surface area contributed by atoms with Crippen molar-refractivity contribution in [2.24, 2.45) is 11.7 Å². The summed E-state index contributed by atoms with van der Waals surface area (Å²) in [6, 6.07) is 10.0. The molecular weight excluding hydrogens is 318 g/mol. The molecule has 7 heteroatoms. The fraction of sp³-hybridized carbons (Fsp3) is 0.333. The van der Waals surface area contributed by atoms with Crippen LogP contribution in [0.1, 0.15) is 24.4 Å². The second-order valence-electron chi connectivity index (χ2n) is 6.06. The van der Waals surface area contributed by atoms with Crippen molar-refractivity contribution in [2.45, 2.75) is 18.9 Å². The Balaban J connectivity index is 1.59. The van der Waals surface area contributed by atoms with Gasteiger partial charge in [-0.15, -0.1) is 0 Å². The van der Waals surface area contributed by atoms with Crippen LogP contribution in [0.4, 0.5) is 5.95 Å². The average Bonchev–Trinajstić information content (AvgIpc) is 2.67. The first-order valence-corrected chi connectivity index (χ1v) is 8.32. The summed E-state index contributed by atoms with van der Waals surface area (Å²) in [5, 5.41) is 2.79. The van der Waals surface area contributed by atoms with Gasteiger partial charge in [0.1, 0.15) is 6.04 Å².